The summed E-state index contributed by atoms with van der Waals surface area (Å²) in [5, 5.41) is 4.00. The first kappa shape index (κ1) is 23.7. The molecule has 0 aliphatic carbocycles. The van der Waals surface area contributed by atoms with Gasteiger partial charge in [0, 0.05) is 0 Å². The molecule has 4 aromatic rings. The van der Waals surface area contributed by atoms with Gasteiger partial charge in [-0.2, -0.15) is 0 Å². The number of carbonyl (C=O) groups is 1. The number of fused-ring (bicyclic) bond motifs is 1. The number of ether oxygens (including phenoxy) is 1. The van der Waals surface area contributed by atoms with E-state index < -0.39 is 0 Å². The number of thiazole rings is 1. The van der Waals surface area contributed by atoms with Gasteiger partial charge in [-0.25, -0.2) is 4.98 Å². The maximum Gasteiger partial charge on any atom is 0.225 e. The summed E-state index contributed by atoms with van der Waals surface area (Å²) in [5.74, 6) is 0.836. The minimum absolute atomic E-state index is 0.0265. The number of amides is 1. The van der Waals surface area contributed by atoms with Crippen LogP contribution in [0.4, 0.5) is 0 Å². The summed E-state index contributed by atoms with van der Waals surface area (Å²) in [6, 6.07) is 26.0. The molecule has 34 heavy (non-hydrogen) atoms. The molecule has 0 fully saturated rings. The highest BCUT2D eigenvalue weighted by atomic mass is 32.1. The van der Waals surface area contributed by atoms with Gasteiger partial charge in [-0.1, -0.05) is 67.9 Å². The van der Waals surface area contributed by atoms with Crippen LogP contribution in [0.25, 0.3) is 21.9 Å². The molecule has 0 saturated carbocycles. The summed E-state index contributed by atoms with van der Waals surface area (Å²) in [7, 11) is 0. The van der Waals surface area contributed by atoms with Crippen molar-refractivity contribution in [2.75, 3.05) is 6.61 Å². The zero-order valence-electron chi connectivity index (χ0n) is 19.7. The SMILES string of the molecule is CCCCOc1ccc(/C=C(/CC(=O)NC(C)c2ccccc2)c2nc3ccccc3s2)cc1. The zero-order valence-corrected chi connectivity index (χ0v) is 20.5. The lowest BCUT2D eigenvalue weighted by atomic mass is 10.1. The van der Waals surface area contributed by atoms with Gasteiger partial charge in [0.25, 0.3) is 0 Å². The van der Waals surface area contributed by atoms with Gasteiger partial charge in [-0.3, -0.25) is 4.79 Å². The van der Waals surface area contributed by atoms with E-state index in [9.17, 15) is 4.79 Å². The lowest BCUT2D eigenvalue weighted by Crippen LogP contribution is -2.26. The van der Waals surface area contributed by atoms with Gasteiger partial charge in [0.2, 0.25) is 5.91 Å². The molecule has 0 bridgehead atoms. The van der Waals surface area contributed by atoms with Crippen molar-refractivity contribution in [3.8, 4) is 5.75 Å². The van der Waals surface area contributed by atoms with Crippen molar-refractivity contribution in [2.45, 2.75) is 39.2 Å². The number of carbonyl (C=O) groups excluding carboxylic acids is 1. The molecule has 0 spiro atoms. The monoisotopic (exact) mass is 470 g/mol. The minimum atomic E-state index is -0.0649. The van der Waals surface area contributed by atoms with Crippen LogP contribution in [0.3, 0.4) is 0 Å². The largest absolute Gasteiger partial charge is 0.494 e. The van der Waals surface area contributed by atoms with Crippen LogP contribution in [0.2, 0.25) is 0 Å². The average Bonchev–Trinajstić information content (AvgIpc) is 3.30. The summed E-state index contributed by atoms with van der Waals surface area (Å²) >= 11 is 1.61. The lowest BCUT2D eigenvalue weighted by Gasteiger charge is -2.15. The number of unbranched alkanes of at least 4 members (excludes halogenated alkanes) is 1. The molecule has 0 aliphatic rings. The van der Waals surface area contributed by atoms with Gasteiger partial charge in [0.05, 0.1) is 29.3 Å². The number of hydrogen-bond acceptors (Lipinski definition) is 4. The lowest BCUT2D eigenvalue weighted by molar-refractivity contribution is -0.120. The number of nitrogens with one attached hydrogen (secondary N) is 1. The molecule has 5 heteroatoms. The number of hydrogen-bond donors (Lipinski definition) is 1. The van der Waals surface area contributed by atoms with E-state index in [1.54, 1.807) is 11.3 Å². The van der Waals surface area contributed by atoms with Crippen molar-refractivity contribution >= 4 is 39.1 Å². The zero-order chi connectivity index (χ0) is 23.8. The average molecular weight is 471 g/mol. The molecule has 0 radical (unpaired) electrons. The van der Waals surface area contributed by atoms with Gasteiger partial charge >= 0.3 is 0 Å². The maximum absolute atomic E-state index is 13.0. The number of nitrogens with zero attached hydrogens (tertiary/aromatic N) is 1. The molecule has 4 rings (SSSR count). The van der Waals surface area contributed by atoms with E-state index >= 15 is 0 Å². The standard InChI is InChI=1S/C29H30N2O2S/c1-3-4-18-33-25-16-14-22(15-17-25)19-24(29-31-26-12-8-9-13-27(26)34-29)20-28(32)30-21(2)23-10-6-5-7-11-23/h5-17,19,21H,3-4,18,20H2,1-2H3,(H,30,32)/b24-19-. The molecular formula is C29H30N2O2S. The fraction of sp³-hybridized carbons (Fsp3) is 0.241. The van der Waals surface area contributed by atoms with Gasteiger partial charge < -0.3 is 10.1 Å². The van der Waals surface area contributed by atoms with E-state index in [0.29, 0.717) is 0 Å². The highest BCUT2D eigenvalue weighted by molar-refractivity contribution is 7.19. The second-order valence-electron chi connectivity index (χ2n) is 8.30. The van der Waals surface area contributed by atoms with Crippen molar-refractivity contribution in [2.24, 2.45) is 0 Å². The third kappa shape index (κ3) is 6.33. The third-order valence-corrected chi connectivity index (χ3v) is 6.70. The first-order valence-corrected chi connectivity index (χ1v) is 12.6. The molecule has 1 aromatic heterocycles. The van der Waals surface area contributed by atoms with Gasteiger partial charge in [-0.15, -0.1) is 11.3 Å². The highest BCUT2D eigenvalue weighted by Crippen LogP contribution is 2.31. The van der Waals surface area contributed by atoms with E-state index in [1.807, 2.05) is 79.7 Å². The minimum Gasteiger partial charge on any atom is -0.494 e. The fourth-order valence-corrected chi connectivity index (χ4v) is 4.66. The Hall–Kier alpha value is -3.44. The number of aromatic nitrogens is 1. The van der Waals surface area contributed by atoms with Crippen molar-refractivity contribution in [3.63, 3.8) is 0 Å². The van der Waals surface area contributed by atoms with Crippen LogP contribution in [0.5, 0.6) is 5.75 Å². The van der Waals surface area contributed by atoms with E-state index in [1.165, 1.54) is 0 Å². The Morgan fingerprint density at radius 3 is 2.50 bits per heavy atom. The summed E-state index contributed by atoms with van der Waals surface area (Å²) in [6.07, 6.45) is 4.46. The molecule has 3 aromatic carbocycles. The molecule has 1 amide bonds. The normalized spacial score (nSPS) is 12.5. The number of para-hydroxylation sites is 1. The van der Waals surface area contributed by atoms with Crippen LogP contribution in [0.15, 0.2) is 78.9 Å². The second kappa shape index (κ2) is 11.6. The van der Waals surface area contributed by atoms with Crippen molar-refractivity contribution in [1.29, 1.82) is 0 Å². The Morgan fingerprint density at radius 2 is 1.76 bits per heavy atom. The molecule has 0 saturated heterocycles. The molecule has 4 nitrogen and oxygen atoms in total. The number of benzene rings is 3. The number of rotatable bonds is 10. The maximum atomic E-state index is 13.0. The molecule has 1 heterocycles. The predicted octanol–water partition coefficient (Wildman–Crippen LogP) is 7.28. The summed E-state index contributed by atoms with van der Waals surface area (Å²) in [4.78, 5) is 17.8. The smallest absolute Gasteiger partial charge is 0.225 e. The van der Waals surface area contributed by atoms with Crippen molar-refractivity contribution < 1.29 is 9.53 Å². The predicted molar refractivity (Wildman–Crippen MR) is 142 cm³/mol. The van der Waals surface area contributed by atoms with E-state index in [-0.39, 0.29) is 18.4 Å². The first-order chi connectivity index (χ1) is 16.6. The highest BCUT2D eigenvalue weighted by Gasteiger charge is 2.16. The molecule has 1 unspecified atom stereocenters. The quantitative estimate of drug-likeness (QED) is 0.248. The van der Waals surface area contributed by atoms with Crippen LogP contribution in [-0.4, -0.2) is 17.5 Å². The molecule has 1 atom stereocenters. The summed E-state index contributed by atoms with van der Waals surface area (Å²) in [6.45, 7) is 4.88. The van der Waals surface area contributed by atoms with Crippen LogP contribution < -0.4 is 10.1 Å². The summed E-state index contributed by atoms with van der Waals surface area (Å²) in [5.41, 5.74) is 3.95. The first-order valence-electron chi connectivity index (χ1n) is 11.8. The van der Waals surface area contributed by atoms with Crippen molar-refractivity contribution in [1.82, 2.24) is 10.3 Å². The Kier molecular flexibility index (Phi) is 8.10. The van der Waals surface area contributed by atoms with Crippen LogP contribution in [-0.2, 0) is 4.79 Å². The van der Waals surface area contributed by atoms with E-state index in [0.717, 1.165) is 57.1 Å². The third-order valence-electron chi connectivity index (χ3n) is 5.58. The van der Waals surface area contributed by atoms with E-state index in [4.69, 9.17) is 9.72 Å². The summed E-state index contributed by atoms with van der Waals surface area (Å²) < 4.78 is 6.90. The van der Waals surface area contributed by atoms with Crippen LogP contribution >= 0.6 is 11.3 Å². The Balaban J connectivity index is 1.56. The Morgan fingerprint density at radius 1 is 1.03 bits per heavy atom. The van der Waals surface area contributed by atoms with E-state index in [2.05, 4.69) is 24.4 Å². The molecule has 0 aliphatic heterocycles. The Labute approximate surface area is 205 Å². The topological polar surface area (TPSA) is 51.2 Å². The van der Waals surface area contributed by atoms with Gasteiger partial charge in [0.1, 0.15) is 10.8 Å². The molecular weight excluding hydrogens is 440 g/mol. The van der Waals surface area contributed by atoms with Gasteiger partial charge in [0.15, 0.2) is 0 Å². The van der Waals surface area contributed by atoms with Crippen molar-refractivity contribution in [3.05, 3.63) is 95.0 Å². The van der Waals surface area contributed by atoms with Gasteiger partial charge in [-0.05, 0) is 60.4 Å². The second-order valence-corrected chi connectivity index (χ2v) is 9.33. The fourth-order valence-electron chi connectivity index (χ4n) is 3.68. The van der Waals surface area contributed by atoms with Crippen LogP contribution in [0, 0.1) is 0 Å². The Bertz CT molecular complexity index is 1210. The van der Waals surface area contributed by atoms with Crippen LogP contribution in [0.1, 0.15) is 55.3 Å². The molecule has 1 N–H and O–H groups in total. The molecule has 174 valence electrons.